The Morgan fingerprint density at radius 3 is 2.70 bits per heavy atom. The molecule has 3 heteroatoms. The molecular weight excluding hydrogens is 246 g/mol. The minimum absolute atomic E-state index is 0.572. The van der Waals surface area contributed by atoms with Crippen LogP contribution in [0.25, 0.3) is 0 Å². The Morgan fingerprint density at radius 1 is 1.25 bits per heavy atom. The van der Waals surface area contributed by atoms with Gasteiger partial charge in [0.25, 0.3) is 0 Å². The molecule has 20 heavy (non-hydrogen) atoms. The molecule has 1 heterocycles. The van der Waals surface area contributed by atoms with Gasteiger partial charge in [-0.05, 0) is 42.9 Å². The third-order valence-electron chi connectivity index (χ3n) is 3.63. The predicted octanol–water partition coefficient (Wildman–Crippen LogP) is 3.14. The van der Waals surface area contributed by atoms with Crippen LogP contribution in [-0.2, 0) is 13.5 Å². The van der Waals surface area contributed by atoms with Crippen molar-refractivity contribution in [3.05, 3.63) is 53.9 Å². The zero-order valence-corrected chi connectivity index (χ0v) is 12.5. The highest BCUT2D eigenvalue weighted by molar-refractivity contribution is 5.20. The maximum Gasteiger partial charge on any atom is 0.0521 e. The highest BCUT2D eigenvalue weighted by Gasteiger charge is 2.11. The molecule has 0 aliphatic rings. The molecule has 2 aromatic rings. The van der Waals surface area contributed by atoms with Crippen LogP contribution in [0.15, 0.2) is 42.7 Å². The van der Waals surface area contributed by atoms with Crippen molar-refractivity contribution < 1.29 is 0 Å². The summed E-state index contributed by atoms with van der Waals surface area (Å²) in [5.74, 6) is 0.572. The van der Waals surface area contributed by atoms with Crippen LogP contribution in [0.3, 0.4) is 0 Å². The number of rotatable bonds is 8. The fourth-order valence-electron chi connectivity index (χ4n) is 2.51. The quantitative estimate of drug-likeness (QED) is 0.748. The molecule has 0 saturated carbocycles. The van der Waals surface area contributed by atoms with Gasteiger partial charge >= 0.3 is 0 Å². The van der Waals surface area contributed by atoms with Gasteiger partial charge in [-0.2, -0.15) is 5.10 Å². The van der Waals surface area contributed by atoms with Crippen molar-refractivity contribution in [1.82, 2.24) is 15.1 Å². The molecule has 3 nitrogen and oxygen atoms in total. The van der Waals surface area contributed by atoms with Gasteiger partial charge in [-0.1, -0.05) is 37.3 Å². The summed E-state index contributed by atoms with van der Waals surface area (Å²) in [7, 11) is 1.97. The predicted molar refractivity (Wildman–Crippen MR) is 83.9 cm³/mol. The first-order valence-electron chi connectivity index (χ1n) is 7.52. The first kappa shape index (κ1) is 14.8. The lowest BCUT2D eigenvalue weighted by molar-refractivity contribution is 0.548. The molecule has 1 atom stereocenters. The molecule has 0 spiro atoms. The average molecular weight is 271 g/mol. The second kappa shape index (κ2) is 7.85. The van der Waals surface area contributed by atoms with Crippen LogP contribution in [0.4, 0.5) is 0 Å². The van der Waals surface area contributed by atoms with Crippen molar-refractivity contribution in [3.63, 3.8) is 0 Å². The van der Waals surface area contributed by atoms with Crippen molar-refractivity contribution in [2.75, 3.05) is 13.1 Å². The minimum Gasteiger partial charge on any atom is -0.316 e. The average Bonchev–Trinajstić information content (AvgIpc) is 2.89. The van der Waals surface area contributed by atoms with Crippen molar-refractivity contribution >= 4 is 0 Å². The van der Waals surface area contributed by atoms with Crippen LogP contribution >= 0.6 is 0 Å². The number of nitrogens with zero attached hydrogens (tertiary/aromatic N) is 2. The molecule has 1 unspecified atom stereocenters. The molecule has 1 aromatic carbocycles. The molecule has 0 amide bonds. The Labute approximate surface area is 122 Å². The van der Waals surface area contributed by atoms with E-state index in [4.69, 9.17) is 0 Å². The molecular formula is C17H25N3. The Kier molecular flexibility index (Phi) is 5.81. The minimum atomic E-state index is 0.572. The van der Waals surface area contributed by atoms with E-state index >= 15 is 0 Å². The van der Waals surface area contributed by atoms with Gasteiger partial charge in [0.15, 0.2) is 0 Å². The summed E-state index contributed by atoms with van der Waals surface area (Å²) in [4.78, 5) is 0. The number of aryl methyl sites for hydroxylation is 2. The standard InChI is InChI=1S/C17H25N3/c1-3-11-18-13-17(16-7-5-4-6-8-16)10-9-15-12-19-20(2)14-15/h4-8,12,14,17-18H,3,9-11,13H2,1-2H3. The Bertz CT molecular complexity index is 490. The molecule has 0 radical (unpaired) electrons. The van der Waals surface area contributed by atoms with E-state index in [9.17, 15) is 0 Å². The van der Waals surface area contributed by atoms with Crippen LogP contribution in [0, 0.1) is 0 Å². The van der Waals surface area contributed by atoms with E-state index in [1.807, 2.05) is 17.9 Å². The largest absolute Gasteiger partial charge is 0.316 e. The number of aromatic nitrogens is 2. The molecule has 108 valence electrons. The first-order valence-corrected chi connectivity index (χ1v) is 7.52. The zero-order valence-electron chi connectivity index (χ0n) is 12.5. The van der Waals surface area contributed by atoms with Gasteiger partial charge in [-0.3, -0.25) is 4.68 Å². The molecule has 2 rings (SSSR count). The van der Waals surface area contributed by atoms with Crippen LogP contribution in [-0.4, -0.2) is 22.9 Å². The molecule has 0 aliphatic heterocycles. The lowest BCUT2D eigenvalue weighted by Gasteiger charge is -2.17. The van der Waals surface area contributed by atoms with Crippen LogP contribution in [0.5, 0.6) is 0 Å². The fraction of sp³-hybridized carbons (Fsp3) is 0.471. The summed E-state index contributed by atoms with van der Waals surface area (Å²) >= 11 is 0. The third-order valence-corrected chi connectivity index (χ3v) is 3.63. The monoisotopic (exact) mass is 271 g/mol. The molecule has 0 aliphatic carbocycles. The van der Waals surface area contributed by atoms with E-state index in [0.29, 0.717) is 5.92 Å². The van der Waals surface area contributed by atoms with Gasteiger partial charge in [-0.25, -0.2) is 0 Å². The van der Waals surface area contributed by atoms with Crippen molar-refractivity contribution in [3.8, 4) is 0 Å². The van der Waals surface area contributed by atoms with E-state index < -0.39 is 0 Å². The molecule has 1 N–H and O–H groups in total. The highest BCUT2D eigenvalue weighted by Crippen LogP contribution is 2.21. The van der Waals surface area contributed by atoms with Gasteiger partial charge in [0.2, 0.25) is 0 Å². The topological polar surface area (TPSA) is 29.9 Å². The van der Waals surface area contributed by atoms with Gasteiger partial charge in [0, 0.05) is 19.8 Å². The number of nitrogens with one attached hydrogen (secondary N) is 1. The van der Waals surface area contributed by atoms with Gasteiger partial charge in [0.05, 0.1) is 6.20 Å². The molecule has 0 bridgehead atoms. The molecule has 0 fully saturated rings. The van der Waals surface area contributed by atoms with E-state index in [2.05, 4.69) is 53.9 Å². The number of hydrogen-bond donors (Lipinski definition) is 1. The Balaban J connectivity index is 1.95. The summed E-state index contributed by atoms with van der Waals surface area (Å²) in [6.45, 7) is 4.36. The zero-order chi connectivity index (χ0) is 14.2. The summed E-state index contributed by atoms with van der Waals surface area (Å²) < 4.78 is 1.88. The van der Waals surface area contributed by atoms with E-state index in [1.165, 1.54) is 17.5 Å². The number of hydrogen-bond acceptors (Lipinski definition) is 2. The SMILES string of the molecule is CCCNCC(CCc1cnn(C)c1)c1ccccc1. The first-order chi connectivity index (χ1) is 9.79. The summed E-state index contributed by atoms with van der Waals surface area (Å²) in [6.07, 6.45) is 7.51. The molecule has 0 saturated heterocycles. The van der Waals surface area contributed by atoms with E-state index in [1.54, 1.807) is 0 Å². The van der Waals surface area contributed by atoms with Crippen molar-refractivity contribution in [1.29, 1.82) is 0 Å². The van der Waals surface area contributed by atoms with Crippen LogP contribution in [0.1, 0.15) is 36.8 Å². The second-order valence-corrected chi connectivity index (χ2v) is 5.37. The van der Waals surface area contributed by atoms with Gasteiger partial charge in [-0.15, -0.1) is 0 Å². The highest BCUT2D eigenvalue weighted by atomic mass is 15.2. The smallest absolute Gasteiger partial charge is 0.0521 e. The van der Waals surface area contributed by atoms with E-state index in [-0.39, 0.29) is 0 Å². The third kappa shape index (κ3) is 4.49. The Morgan fingerprint density at radius 2 is 2.05 bits per heavy atom. The van der Waals surface area contributed by atoms with E-state index in [0.717, 1.165) is 25.9 Å². The van der Waals surface area contributed by atoms with Gasteiger partial charge in [0.1, 0.15) is 0 Å². The maximum absolute atomic E-state index is 4.24. The molecule has 1 aromatic heterocycles. The normalized spacial score (nSPS) is 12.5. The summed E-state index contributed by atoms with van der Waals surface area (Å²) in [5, 5.41) is 7.80. The van der Waals surface area contributed by atoms with Gasteiger partial charge < -0.3 is 5.32 Å². The Hall–Kier alpha value is -1.61. The number of benzene rings is 1. The fourth-order valence-corrected chi connectivity index (χ4v) is 2.51. The lowest BCUT2D eigenvalue weighted by atomic mass is 9.93. The van der Waals surface area contributed by atoms with Crippen molar-refractivity contribution in [2.45, 2.75) is 32.1 Å². The maximum atomic E-state index is 4.24. The summed E-state index contributed by atoms with van der Waals surface area (Å²) in [5.41, 5.74) is 2.75. The van der Waals surface area contributed by atoms with Crippen LogP contribution < -0.4 is 5.32 Å². The van der Waals surface area contributed by atoms with Crippen LogP contribution in [0.2, 0.25) is 0 Å². The second-order valence-electron chi connectivity index (χ2n) is 5.37. The van der Waals surface area contributed by atoms with Crippen molar-refractivity contribution in [2.24, 2.45) is 7.05 Å². The lowest BCUT2D eigenvalue weighted by Crippen LogP contribution is -2.22. The summed E-state index contributed by atoms with van der Waals surface area (Å²) in [6, 6.07) is 10.8.